The molecule has 8 nitrogen and oxygen atoms in total. The summed E-state index contributed by atoms with van der Waals surface area (Å²) in [5.74, 6) is -1.05. The molecular weight excluding hydrogens is 350 g/mol. The van der Waals surface area contributed by atoms with Gasteiger partial charge in [0.25, 0.3) is 0 Å². The second kappa shape index (κ2) is 6.92. The van der Waals surface area contributed by atoms with Crippen molar-refractivity contribution in [1.29, 1.82) is 0 Å². The van der Waals surface area contributed by atoms with E-state index in [9.17, 15) is 19.8 Å². The number of nitrogens with zero attached hydrogens (tertiary/aromatic N) is 3. The molecule has 1 atom stereocenters. The van der Waals surface area contributed by atoms with Gasteiger partial charge in [0, 0.05) is 33.2 Å². The van der Waals surface area contributed by atoms with Crippen molar-refractivity contribution in [2.45, 2.75) is 39.0 Å². The lowest BCUT2D eigenvalue weighted by atomic mass is 9.99. The molecule has 1 unspecified atom stereocenters. The fourth-order valence-electron chi connectivity index (χ4n) is 3.72. The predicted molar refractivity (Wildman–Crippen MR) is 102 cm³/mol. The molecule has 1 fully saturated rings. The second-order valence-electron chi connectivity index (χ2n) is 8.12. The normalized spacial score (nSPS) is 19.4. The molecule has 2 N–H and O–H groups in total. The van der Waals surface area contributed by atoms with E-state index in [1.807, 2.05) is 32.7 Å². The summed E-state index contributed by atoms with van der Waals surface area (Å²) in [7, 11) is 1.91. The molecule has 148 valence electrons. The lowest BCUT2D eigenvalue weighted by Gasteiger charge is -2.49. The third kappa shape index (κ3) is 3.80. The van der Waals surface area contributed by atoms with Gasteiger partial charge in [-0.3, -0.25) is 0 Å². The van der Waals surface area contributed by atoms with Crippen molar-refractivity contribution in [3.05, 3.63) is 23.3 Å². The number of carbonyl (C=O) groups excluding carboxylic acids is 1. The number of aliphatic hydroxyl groups is 1. The first-order valence-corrected chi connectivity index (χ1v) is 9.07. The number of fused-ring (bicyclic) bond motifs is 3. The maximum Gasteiger partial charge on any atom is 0.410 e. The highest BCUT2D eigenvalue weighted by Crippen LogP contribution is 2.38. The molecule has 0 bridgehead atoms. The maximum atomic E-state index is 12.4. The Balaban J connectivity index is 1.86. The molecule has 0 saturated carbocycles. The first-order chi connectivity index (χ1) is 12.6. The van der Waals surface area contributed by atoms with Gasteiger partial charge in [-0.15, -0.1) is 0 Å². The molecule has 0 radical (unpaired) electrons. The van der Waals surface area contributed by atoms with Crippen LogP contribution < -0.4 is 9.80 Å². The third-order valence-corrected chi connectivity index (χ3v) is 4.94. The molecule has 1 aromatic rings. The number of hydrogen-bond acceptors (Lipinski definition) is 6. The van der Waals surface area contributed by atoms with Crippen molar-refractivity contribution >= 4 is 23.4 Å². The first kappa shape index (κ1) is 19.3. The molecule has 2 aliphatic heterocycles. The number of likely N-dealkylation sites (N-methyl/N-ethyl adjacent to an activating group) is 1. The lowest BCUT2D eigenvalue weighted by molar-refractivity contribution is 0.0215. The van der Waals surface area contributed by atoms with Crippen molar-refractivity contribution in [3.63, 3.8) is 0 Å². The van der Waals surface area contributed by atoms with Crippen LogP contribution in [-0.4, -0.2) is 72.0 Å². The standard InChI is InChI=1S/C19H27N3O5/c1-19(2,3)27-18(26)21-5-6-22-13(10-21)9-20(4)15-8-14(17(24)25)12(11-23)7-16(15)22/h7-8,13,23H,5-6,9-11H2,1-4H3,(H,24,25). The van der Waals surface area contributed by atoms with E-state index in [2.05, 4.69) is 4.90 Å². The van der Waals surface area contributed by atoms with Crippen LogP contribution in [0.15, 0.2) is 12.1 Å². The highest BCUT2D eigenvalue weighted by atomic mass is 16.6. The minimum atomic E-state index is -1.05. The monoisotopic (exact) mass is 377 g/mol. The third-order valence-electron chi connectivity index (χ3n) is 4.94. The van der Waals surface area contributed by atoms with Gasteiger partial charge in [0.05, 0.1) is 29.6 Å². The van der Waals surface area contributed by atoms with E-state index in [4.69, 9.17) is 4.74 Å². The Morgan fingerprint density at radius 1 is 1.19 bits per heavy atom. The number of aromatic carboxylic acids is 1. The first-order valence-electron chi connectivity index (χ1n) is 9.07. The summed E-state index contributed by atoms with van der Waals surface area (Å²) in [6.07, 6.45) is -0.312. The number of amides is 1. The highest BCUT2D eigenvalue weighted by Gasteiger charge is 2.37. The van der Waals surface area contributed by atoms with E-state index in [1.54, 1.807) is 17.0 Å². The van der Waals surface area contributed by atoms with E-state index >= 15 is 0 Å². The van der Waals surface area contributed by atoms with Crippen LogP contribution in [0, 0.1) is 0 Å². The van der Waals surface area contributed by atoms with Crippen LogP contribution >= 0.6 is 0 Å². The van der Waals surface area contributed by atoms with Crippen LogP contribution in [0.3, 0.4) is 0 Å². The zero-order valence-corrected chi connectivity index (χ0v) is 16.2. The molecule has 27 heavy (non-hydrogen) atoms. The smallest absolute Gasteiger partial charge is 0.410 e. The Hall–Kier alpha value is -2.48. The van der Waals surface area contributed by atoms with Gasteiger partial charge >= 0.3 is 12.1 Å². The van der Waals surface area contributed by atoms with Gasteiger partial charge in [0.2, 0.25) is 0 Å². The fourth-order valence-corrected chi connectivity index (χ4v) is 3.72. The Bertz CT molecular complexity index is 758. The molecule has 8 heteroatoms. The van der Waals surface area contributed by atoms with Gasteiger partial charge < -0.3 is 29.6 Å². The van der Waals surface area contributed by atoms with Gasteiger partial charge in [-0.05, 0) is 38.5 Å². The number of carboxylic acids is 1. The van der Waals surface area contributed by atoms with Crippen LogP contribution in [0.2, 0.25) is 0 Å². The Morgan fingerprint density at radius 3 is 2.48 bits per heavy atom. The van der Waals surface area contributed by atoms with Crippen LogP contribution in [0.4, 0.5) is 16.2 Å². The van der Waals surface area contributed by atoms with E-state index in [1.165, 1.54) is 0 Å². The van der Waals surface area contributed by atoms with Gasteiger partial charge in [-0.2, -0.15) is 0 Å². The molecule has 1 amide bonds. The number of carboxylic acid groups (broad SMARTS) is 1. The quantitative estimate of drug-likeness (QED) is 0.811. The van der Waals surface area contributed by atoms with Crippen LogP contribution in [0.5, 0.6) is 0 Å². The number of rotatable bonds is 2. The topological polar surface area (TPSA) is 93.5 Å². The molecule has 1 aromatic carbocycles. The predicted octanol–water partition coefficient (Wildman–Crippen LogP) is 1.75. The summed E-state index contributed by atoms with van der Waals surface area (Å²) < 4.78 is 5.49. The van der Waals surface area contributed by atoms with Gasteiger partial charge in [-0.25, -0.2) is 9.59 Å². The maximum absolute atomic E-state index is 12.4. The number of piperazine rings is 1. The summed E-state index contributed by atoms with van der Waals surface area (Å²) in [6.45, 7) is 7.58. The molecule has 3 rings (SSSR count). The fraction of sp³-hybridized carbons (Fsp3) is 0.579. The zero-order valence-electron chi connectivity index (χ0n) is 16.2. The zero-order chi connectivity index (χ0) is 19.9. The van der Waals surface area contributed by atoms with E-state index < -0.39 is 11.6 Å². The largest absolute Gasteiger partial charge is 0.478 e. The van der Waals surface area contributed by atoms with Gasteiger partial charge in [-0.1, -0.05) is 0 Å². The molecular formula is C19H27N3O5. The van der Waals surface area contributed by atoms with Crippen molar-refractivity contribution in [1.82, 2.24) is 4.90 Å². The molecule has 2 heterocycles. The Morgan fingerprint density at radius 2 is 1.89 bits per heavy atom. The van der Waals surface area contributed by atoms with E-state index in [0.29, 0.717) is 31.7 Å². The van der Waals surface area contributed by atoms with Crippen molar-refractivity contribution < 1.29 is 24.5 Å². The van der Waals surface area contributed by atoms with Gasteiger partial charge in [0.1, 0.15) is 5.60 Å². The minimum Gasteiger partial charge on any atom is -0.478 e. The van der Waals surface area contributed by atoms with Crippen LogP contribution in [0.25, 0.3) is 0 Å². The molecule has 2 aliphatic rings. The minimum absolute atomic E-state index is 0.0750. The lowest BCUT2D eigenvalue weighted by Crippen LogP contribution is -2.60. The summed E-state index contributed by atoms with van der Waals surface area (Å²) in [5, 5.41) is 19.0. The molecule has 0 aliphatic carbocycles. The SMILES string of the molecule is CN1CC2CN(C(=O)OC(C)(C)C)CCN2c2cc(CO)c(C(=O)O)cc21. The Kier molecular flexibility index (Phi) is 4.94. The number of anilines is 2. The van der Waals surface area contributed by atoms with Gasteiger partial charge in [0.15, 0.2) is 0 Å². The molecule has 1 saturated heterocycles. The number of carbonyl (C=O) groups is 2. The van der Waals surface area contributed by atoms with E-state index in [0.717, 1.165) is 11.4 Å². The number of hydrogen-bond donors (Lipinski definition) is 2. The highest BCUT2D eigenvalue weighted by molar-refractivity contribution is 5.93. The number of aliphatic hydroxyl groups excluding tert-OH is 1. The summed E-state index contributed by atoms with van der Waals surface area (Å²) in [6, 6.07) is 3.45. The van der Waals surface area contributed by atoms with Crippen molar-refractivity contribution in [3.8, 4) is 0 Å². The van der Waals surface area contributed by atoms with E-state index in [-0.39, 0.29) is 24.3 Å². The van der Waals surface area contributed by atoms with Crippen molar-refractivity contribution in [2.75, 3.05) is 43.0 Å². The number of ether oxygens (including phenoxy) is 1. The summed E-state index contributed by atoms with van der Waals surface area (Å²) in [5.41, 5.74) is 1.70. The average Bonchev–Trinajstić information content (AvgIpc) is 2.58. The summed E-state index contributed by atoms with van der Waals surface area (Å²) >= 11 is 0. The average molecular weight is 377 g/mol. The summed E-state index contributed by atoms with van der Waals surface area (Å²) in [4.78, 5) is 29.8. The molecule has 0 aromatic heterocycles. The van der Waals surface area contributed by atoms with Crippen LogP contribution in [0.1, 0.15) is 36.7 Å². The molecule has 0 spiro atoms. The second-order valence-corrected chi connectivity index (χ2v) is 8.12. The number of benzene rings is 1. The van der Waals surface area contributed by atoms with Crippen LogP contribution in [-0.2, 0) is 11.3 Å². The Labute approximate surface area is 158 Å². The van der Waals surface area contributed by atoms with Crippen molar-refractivity contribution in [2.24, 2.45) is 0 Å².